The number of carbonyl (C=O) groups is 2. The monoisotopic (exact) mass is 447 g/mol. The van der Waals surface area contributed by atoms with Crippen LogP contribution in [-0.2, 0) is 42.3 Å². The Morgan fingerprint density at radius 1 is 1.10 bits per heavy atom. The van der Waals surface area contributed by atoms with Crippen LogP contribution in [0, 0.1) is 0 Å². The number of aryl methyl sites for hydroxylation is 2. The summed E-state index contributed by atoms with van der Waals surface area (Å²) in [7, 11) is -2.66. The molecule has 166 valence electrons. The molecule has 0 unspecified atom stereocenters. The minimum atomic E-state index is -4.35. The standard InChI is InChI=1S/C20H25N5O5S/c1-21-8-9-25-16(19(26)27)11-17(23-25)31(29,30)24-20(28)22-18-14-6-2-4-12(14)10-13-5-3-7-15(13)18/h10-11,21H,2-9H2,1H3,(H,26,27)(H2,22,24,28). The number of aromatic nitrogens is 2. The van der Waals surface area contributed by atoms with Gasteiger partial charge >= 0.3 is 12.0 Å². The molecule has 0 saturated heterocycles. The molecule has 2 amide bonds. The van der Waals surface area contributed by atoms with Crippen LogP contribution in [0.4, 0.5) is 10.5 Å². The van der Waals surface area contributed by atoms with Crippen molar-refractivity contribution < 1.29 is 23.1 Å². The molecule has 1 heterocycles. The first-order chi connectivity index (χ1) is 14.8. The number of urea groups is 1. The molecule has 0 atom stereocenters. The van der Waals surface area contributed by atoms with Gasteiger partial charge in [-0.1, -0.05) is 6.07 Å². The second-order valence-corrected chi connectivity index (χ2v) is 9.42. The molecular formula is C20H25N5O5S. The Morgan fingerprint density at radius 2 is 1.74 bits per heavy atom. The Balaban J connectivity index is 1.57. The van der Waals surface area contributed by atoms with Gasteiger partial charge in [-0.05, 0) is 67.8 Å². The molecule has 0 fully saturated rings. The van der Waals surface area contributed by atoms with Gasteiger partial charge in [0.2, 0.25) is 0 Å². The van der Waals surface area contributed by atoms with Crippen molar-refractivity contribution in [2.24, 2.45) is 0 Å². The molecule has 0 radical (unpaired) electrons. The first-order valence-electron chi connectivity index (χ1n) is 10.3. The number of rotatable bonds is 7. The number of anilines is 1. The molecule has 31 heavy (non-hydrogen) atoms. The van der Waals surface area contributed by atoms with E-state index in [9.17, 15) is 23.1 Å². The average Bonchev–Trinajstić information content (AvgIpc) is 3.44. The van der Waals surface area contributed by atoms with Gasteiger partial charge in [0.15, 0.2) is 5.03 Å². The fourth-order valence-corrected chi connectivity index (χ4v) is 5.24. The number of likely N-dealkylation sites (N-methyl/N-ethyl adjacent to an activating group) is 1. The summed E-state index contributed by atoms with van der Waals surface area (Å²) in [6.45, 7) is 0.571. The Bertz CT molecular complexity index is 1120. The van der Waals surface area contributed by atoms with E-state index in [0.29, 0.717) is 6.54 Å². The lowest BCUT2D eigenvalue weighted by Gasteiger charge is -2.16. The van der Waals surface area contributed by atoms with Gasteiger partial charge in [-0.15, -0.1) is 0 Å². The third-order valence-corrected chi connectivity index (χ3v) is 6.97. The molecule has 2 aromatic rings. The van der Waals surface area contributed by atoms with Crippen molar-refractivity contribution in [2.45, 2.75) is 50.1 Å². The summed E-state index contributed by atoms with van der Waals surface area (Å²) in [5.41, 5.74) is 5.05. The summed E-state index contributed by atoms with van der Waals surface area (Å²) in [6, 6.07) is 2.29. The second kappa shape index (κ2) is 8.31. The van der Waals surface area contributed by atoms with Gasteiger partial charge in [0, 0.05) is 18.3 Å². The van der Waals surface area contributed by atoms with Crippen LogP contribution in [0.25, 0.3) is 0 Å². The highest BCUT2D eigenvalue weighted by Gasteiger charge is 2.28. The summed E-state index contributed by atoms with van der Waals surface area (Å²) in [5.74, 6) is -1.30. The highest BCUT2D eigenvalue weighted by molar-refractivity contribution is 7.90. The molecule has 2 aliphatic carbocycles. The van der Waals surface area contributed by atoms with Gasteiger partial charge in [-0.2, -0.15) is 13.5 Å². The van der Waals surface area contributed by atoms with Crippen LogP contribution in [0.3, 0.4) is 0 Å². The predicted octanol–water partition coefficient (Wildman–Crippen LogP) is 1.29. The normalized spacial score (nSPS) is 14.9. The first-order valence-corrected chi connectivity index (χ1v) is 11.7. The van der Waals surface area contributed by atoms with Crippen LogP contribution in [0.5, 0.6) is 0 Å². The van der Waals surface area contributed by atoms with E-state index >= 15 is 0 Å². The number of carboxylic acids is 1. The number of nitrogens with zero attached hydrogens (tertiary/aromatic N) is 2. The molecule has 11 heteroatoms. The summed E-state index contributed by atoms with van der Waals surface area (Å²) in [6.07, 6.45) is 5.63. The number of sulfonamides is 1. The van der Waals surface area contributed by atoms with Gasteiger partial charge in [0.25, 0.3) is 10.0 Å². The zero-order valence-corrected chi connectivity index (χ0v) is 18.0. The van der Waals surface area contributed by atoms with Crippen LogP contribution >= 0.6 is 0 Å². The summed E-state index contributed by atoms with van der Waals surface area (Å²) >= 11 is 0. The Kier molecular flexibility index (Phi) is 5.71. The van der Waals surface area contributed by atoms with Crippen molar-refractivity contribution in [2.75, 3.05) is 18.9 Å². The van der Waals surface area contributed by atoms with Gasteiger partial charge in [-0.3, -0.25) is 4.68 Å². The smallest absolute Gasteiger partial charge is 0.354 e. The number of fused-ring (bicyclic) bond motifs is 2. The number of amides is 2. The Morgan fingerprint density at radius 3 is 2.32 bits per heavy atom. The van der Waals surface area contributed by atoms with Crippen molar-refractivity contribution in [3.63, 3.8) is 0 Å². The highest BCUT2D eigenvalue weighted by Crippen LogP contribution is 2.38. The van der Waals surface area contributed by atoms with Crippen LogP contribution in [0.15, 0.2) is 17.2 Å². The van der Waals surface area contributed by atoms with Crippen LogP contribution in [0.1, 0.15) is 45.6 Å². The number of hydrogen-bond acceptors (Lipinski definition) is 6. The molecule has 2 aliphatic rings. The average molecular weight is 448 g/mol. The van der Waals surface area contributed by atoms with E-state index in [0.717, 1.165) is 66.1 Å². The fraction of sp³-hybridized carbons (Fsp3) is 0.450. The number of carboxylic acid groups (broad SMARTS) is 1. The van der Waals surface area contributed by atoms with Gasteiger partial charge in [-0.25, -0.2) is 14.3 Å². The molecule has 0 saturated carbocycles. The lowest BCUT2D eigenvalue weighted by molar-refractivity contribution is 0.0683. The van der Waals surface area contributed by atoms with Crippen LogP contribution in [0.2, 0.25) is 0 Å². The minimum Gasteiger partial charge on any atom is -0.477 e. The molecule has 10 nitrogen and oxygen atoms in total. The third-order valence-electron chi connectivity index (χ3n) is 5.76. The van der Waals surface area contributed by atoms with Crippen molar-refractivity contribution >= 4 is 27.7 Å². The Labute approximate surface area is 180 Å². The second-order valence-electron chi connectivity index (χ2n) is 7.79. The van der Waals surface area contributed by atoms with E-state index in [2.05, 4.69) is 21.8 Å². The minimum absolute atomic E-state index is 0.169. The fourth-order valence-electron chi connectivity index (χ4n) is 4.37. The summed E-state index contributed by atoms with van der Waals surface area (Å²) < 4.78 is 28.5. The Hall–Kier alpha value is -2.92. The van der Waals surface area contributed by atoms with E-state index in [1.54, 1.807) is 7.05 Å². The van der Waals surface area contributed by atoms with Crippen LogP contribution in [-0.4, -0.2) is 48.9 Å². The van der Waals surface area contributed by atoms with Crippen molar-refractivity contribution in [1.29, 1.82) is 0 Å². The lowest BCUT2D eigenvalue weighted by atomic mass is 9.99. The van der Waals surface area contributed by atoms with E-state index in [1.807, 2.05) is 4.72 Å². The van der Waals surface area contributed by atoms with Crippen molar-refractivity contribution in [3.8, 4) is 0 Å². The number of hydrogen-bond donors (Lipinski definition) is 4. The number of benzene rings is 1. The zero-order chi connectivity index (χ0) is 22.2. The molecule has 4 N–H and O–H groups in total. The molecular weight excluding hydrogens is 422 g/mol. The predicted molar refractivity (Wildman–Crippen MR) is 113 cm³/mol. The van der Waals surface area contributed by atoms with E-state index in [4.69, 9.17) is 0 Å². The maximum atomic E-state index is 12.7. The van der Waals surface area contributed by atoms with E-state index in [1.165, 1.54) is 11.1 Å². The third kappa shape index (κ3) is 4.15. The molecule has 1 aromatic carbocycles. The summed E-state index contributed by atoms with van der Waals surface area (Å²) in [4.78, 5) is 24.1. The number of aromatic carboxylic acids is 1. The van der Waals surface area contributed by atoms with Gasteiger partial charge < -0.3 is 15.7 Å². The highest BCUT2D eigenvalue weighted by atomic mass is 32.2. The molecule has 0 bridgehead atoms. The maximum absolute atomic E-state index is 12.7. The van der Waals surface area contributed by atoms with Crippen molar-refractivity contribution in [3.05, 3.63) is 40.1 Å². The topological polar surface area (TPSA) is 142 Å². The molecule has 1 aromatic heterocycles. The SMILES string of the molecule is CNCCn1nc(S(=O)(=O)NC(=O)Nc2c3c(cc4c2CCC4)CCC3)cc1C(=O)O. The van der Waals surface area contributed by atoms with Crippen molar-refractivity contribution in [1.82, 2.24) is 19.8 Å². The largest absolute Gasteiger partial charge is 0.477 e. The van der Waals surface area contributed by atoms with E-state index in [-0.39, 0.29) is 12.2 Å². The van der Waals surface area contributed by atoms with Crippen LogP contribution < -0.4 is 15.4 Å². The molecule has 0 aliphatic heterocycles. The first kappa shape index (κ1) is 21.3. The van der Waals surface area contributed by atoms with Gasteiger partial charge in [0.1, 0.15) is 5.69 Å². The lowest BCUT2D eigenvalue weighted by Crippen LogP contribution is -2.35. The number of nitrogens with one attached hydrogen (secondary N) is 3. The van der Waals surface area contributed by atoms with E-state index < -0.39 is 27.0 Å². The quantitative estimate of drug-likeness (QED) is 0.501. The molecule has 0 spiro atoms. The zero-order valence-electron chi connectivity index (χ0n) is 17.2. The molecule has 4 rings (SSSR count). The number of carbonyl (C=O) groups excluding carboxylic acids is 1. The summed E-state index contributed by atoms with van der Waals surface area (Å²) in [5, 5.41) is 18.3. The maximum Gasteiger partial charge on any atom is 0.354 e. The van der Waals surface area contributed by atoms with Gasteiger partial charge in [0.05, 0.1) is 6.54 Å².